The second kappa shape index (κ2) is 7.02. The fourth-order valence-corrected chi connectivity index (χ4v) is 3.66. The summed E-state index contributed by atoms with van der Waals surface area (Å²) in [5.41, 5.74) is 15.5. The Morgan fingerprint density at radius 1 is 1.35 bits per heavy atom. The van der Waals surface area contributed by atoms with Gasteiger partial charge in [-0.05, 0) is 12.2 Å². The minimum atomic E-state index is -3.03. The summed E-state index contributed by atoms with van der Waals surface area (Å²) < 4.78 is 16.4. The summed E-state index contributed by atoms with van der Waals surface area (Å²) in [6.07, 6.45) is 2.65. The van der Waals surface area contributed by atoms with E-state index in [1.165, 1.54) is 19.3 Å². The van der Waals surface area contributed by atoms with Crippen LogP contribution in [0.3, 0.4) is 0 Å². The molecule has 0 amide bonds. The van der Waals surface area contributed by atoms with Crippen LogP contribution in [0.15, 0.2) is 25.3 Å². The standard InChI is InChI=1S/C10H23N3O3Si/c1-5-8-17(14-4,15-9(11)12)16-10(13,6-2)7-3/h6-7,9H,2-3,5,8,11-13H2,1,4H3. The van der Waals surface area contributed by atoms with E-state index in [1.807, 2.05) is 6.92 Å². The maximum Gasteiger partial charge on any atom is 0.504 e. The third-order valence-corrected chi connectivity index (χ3v) is 5.18. The van der Waals surface area contributed by atoms with Crippen LogP contribution in [-0.4, -0.2) is 28.0 Å². The SMILES string of the molecule is C=CC(N)(C=C)O[Si](CCC)(OC)OC(N)N. The molecular weight excluding hydrogens is 238 g/mol. The Morgan fingerprint density at radius 2 is 1.88 bits per heavy atom. The molecular formula is C10H23N3O3Si. The first-order chi connectivity index (χ1) is 7.87. The van der Waals surface area contributed by atoms with E-state index < -0.39 is 20.9 Å². The van der Waals surface area contributed by atoms with Gasteiger partial charge in [-0.15, -0.1) is 0 Å². The summed E-state index contributed by atoms with van der Waals surface area (Å²) in [7, 11) is -1.54. The maximum atomic E-state index is 5.90. The highest BCUT2D eigenvalue weighted by Gasteiger charge is 2.45. The lowest BCUT2D eigenvalue weighted by atomic mass is 10.2. The van der Waals surface area contributed by atoms with Crippen LogP contribution in [0.1, 0.15) is 13.3 Å². The molecule has 1 unspecified atom stereocenters. The highest BCUT2D eigenvalue weighted by atomic mass is 28.4. The Bertz CT molecular complexity index is 255. The molecule has 0 aliphatic heterocycles. The Balaban J connectivity index is 5.01. The number of nitrogens with two attached hydrogens (primary N) is 3. The predicted molar refractivity (Wildman–Crippen MR) is 69.5 cm³/mol. The molecule has 6 nitrogen and oxygen atoms in total. The fraction of sp³-hybridized carbons (Fsp3) is 0.600. The van der Waals surface area contributed by atoms with Gasteiger partial charge in [-0.2, -0.15) is 0 Å². The first kappa shape index (κ1) is 16.5. The largest absolute Gasteiger partial charge is 0.504 e. The zero-order valence-electron chi connectivity index (χ0n) is 10.5. The average molecular weight is 261 g/mol. The van der Waals surface area contributed by atoms with Gasteiger partial charge in [0.25, 0.3) is 0 Å². The summed E-state index contributed by atoms with van der Waals surface area (Å²) in [6.45, 7) is 9.15. The molecule has 0 aromatic rings. The van der Waals surface area contributed by atoms with E-state index in [1.54, 1.807) is 0 Å². The quantitative estimate of drug-likeness (QED) is 0.312. The Morgan fingerprint density at radius 3 is 2.18 bits per heavy atom. The second-order valence-electron chi connectivity index (χ2n) is 3.58. The van der Waals surface area contributed by atoms with E-state index in [9.17, 15) is 0 Å². The molecule has 0 aromatic heterocycles. The third-order valence-electron chi connectivity index (χ3n) is 2.15. The molecule has 0 aliphatic carbocycles. The highest BCUT2D eigenvalue weighted by molar-refractivity contribution is 6.60. The van der Waals surface area contributed by atoms with E-state index in [0.29, 0.717) is 6.04 Å². The molecule has 100 valence electrons. The van der Waals surface area contributed by atoms with Crippen molar-refractivity contribution < 1.29 is 13.3 Å². The second-order valence-corrected chi connectivity index (χ2v) is 6.30. The van der Waals surface area contributed by atoms with Crippen LogP contribution >= 0.6 is 0 Å². The van der Waals surface area contributed by atoms with E-state index in [4.69, 9.17) is 30.5 Å². The molecule has 7 heteroatoms. The topological polar surface area (TPSA) is 106 Å². The average Bonchev–Trinajstić information content (AvgIpc) is 2.28. The van der Waals surface area contributed by atoms with Gasteiger partial charge in [0.15, 0.2) is 6.35 Å². The summed E-state index contributed by atoms with van der Waals surface area (Å²) in [6, 6.07) is 0.551. The summed E-state index contributed by atoms with van der Waals surface area (Å²) in [5, 5.41) is 0. The van der Waals surface area contributed by atoms with Crippen molar-refractivity contribution in [2.24, 2.45) is 17.2 Å². The molecule has 0 aromatic carbocycles. The van der Waals surface area contributed by atoms with Crippen molar-refractivity contribution in [3.63, 3.8) is 0 Å². The van der Waals surface area contributed by atoms with Crippen LogP contribution in [0.4, 0.5) is 0 Å². The normalized spacial score (nSPS) is 15.6. The summed E-state index contributed by atoms with van der Waals surface area (Å²) in [5.74, 6) is 0. The molecule has 17 heavy (non-hydrogen) atoms. The molecule has 1 atom stereocenters. The van der Waals surface area contributed by atoms with Crippen molar-refractivity contribution in [1.29, 1.82) is 0 Å². The molecule has 0 fully saturated rings. The predicted octanol–water partition coefficient (Wildman–Crippen LogP) is 0.243. The zero-order valence-corrected chi connectivity index (χ0v) is 11.5. The van der Waals surface area contributed by atoms with Gasteiger partial charge >= 0.3 is 8.80 Å². The van der Waals surface area contributed by atoms with Crippen LogP contribution < -0.4 is 17.2 Å². The van der Waals surface area contributed by atoms with Crippen LogP contribution in [0, 0.1) is 0 Å². The lowest BCUT2D eigenvalue weighted by Crippen LogP contribution is -2.58. The van der Waals surface area contributed by atoms with Gasteiger partial charge in [0.2, 0.25) is 0 Å². The van der Waals surface area contributed by atoms with Gasteiger partial charge < -0.3 is 13.3 Å². The van der Waals surface area contributed by atoms with Crippen molar-refractivity contribution in [3.05, 3.63) is 25.3 Å². The summed E-state index contributed by atoms with van der Waals surface area (Å²) >= 11 is 0. The Labute approximate surface area is 104 Å². The van der Waals surface area contributed by atoms with Crippen molar-refractivity contribution in [3.8, 4) is 0 Å². The van der Waals surface area contributed by atoms with Gasteiger partial charge in [0.05, 0.1) is 0 Å². The molecule has 0 radical (unpaired) electrons. The summed E-state index contributed by atoms with van der Waals surface area (Å²) in [4.78, 5) is 0. The Kier molecular flexibility index (Phi) is 6.79. The molecule has 0 rings (SSSR count). The van der Waals surface area contributed by atoms with Crippen molar-refractivity contribution >= 4 is 8.80 Å². The van der Waals surface area contributed by atoms with Crippen LogP contribution in [0.2, 0.25) is 6.04 Å². The highest BCUT2D eigenvalue weighted by Crippen LogP contribution is 2.23. The maximum absolute atomic E-state index is 5.90. The van der Waals surface area contributed by atoms with Crippen LogP contribution in [-0.2, 0) is 13.3 Å². The monoisotopic (exact) mass is 261 g/mol. The molecule has 0 saturated heterocycles. The van der Waals surface area contributed by atoms with Crippen molar-refractivity contribution in [2.75, 3.05) is 7.11 Å². The lowest BCUT2D eigenvalue weighted by Gasteiger charge is -2.35. The number of hydrogen-bond acceptors (Lipinski definition) is 6. The van der Waals surface area contributed by atoms with Gasteiger partial charge in [0, 0.05) is 13.2 Å². The van der Waals surface area contributed by atoms with Gasteiger partial charge in [-0.3, -0.25) is 17.2 Å². The fourth-order valence-electron chi connectivity index (χ4n) is 1.28. The van der Waals surface area contributed by atoms with Gasteiger partial charge in [-0.1, -0.05) is 26.5 Å². The molecule has 0 saturated carbocycles. The van der Waals surface area contributed by atoms with Crippen molar-refractivity contribution in [1.82, 2.24) is 0 Å². The molecule has 0 aliphatic rings. The Hall–Kier alpha value is -0.543. The van der Waals surface area contributed by atoms with Gasteiger partial charge in [0.1, 0.15) is 5.72 Å². The minimum Gasteiger partial charge on any atom is -0.377 e. The van der Waals surface area contributed by atoms with E-state index in [2.05, 4.69) is 13.2 Å². The lowest BCUT2D eigenvalue weighted by molar-refractivity contribution is 0.00595. The first-order valence-electron chi connectivity index (χ1n) is 5.37. The number of hydrogen-bond donors (Lipinski definition) is 3. The number of rotatable bonds is 9. The van der Waals surface area contributed by atoms with Crippen molar-refractivity contribution in [2.45, 2.75) is 31.5 Å². The molecule has 0 bridgehead atoms. The van der Waals surface area contributed by atoms with Crippen LogP contribution in [0.25, 0.3) is 0 Å². The van der Waals surface area contributed by atoms with E-state index >= 15 is 0 Å². The zero-order chi connectivity index (χ0) is 13.5. The smallest absolute Gasteiger partial charge is 0.377 e. The first-order valence-corrected chi connectivity index (χ1v) is 7.30. The van der Waals surface area contributed by atoms with E-state index in [0.717, 1.165) is 6.42 Å². The van der Waals surface area contributed by atoms with Crippen LogP contribution in [0.5, 0.6) is 0 Å². The van der Waals surface area contributed by atoms with Gasteiger partial charge in [-0.25, -0.2) is 0 Å². The molecule has 0 heterocycles. The molecule has 0 spiro atoms. The van der Waals surface area contributed by atoms with E-state index in [-0.39, 0.29) is 0 Å². The molecule has 6 N–H and O–H groups in total. The minimum absolute atomic E-state index is 0.551. The third kappa shape index (κ3) is 5.09.